The van der Waals surface area contributed by atoms with Gasteiger partial charge in [0.05, 0.1) is 0 Å². The topological polar surface area (TPSA) is 84.0 Å². The van der Waals surface area contributed by atoms with Gasteiger partial charge in [0.1, 0.15) is 11.9 Å². The van der Waals surface area contributed by atoms with Crippen LogP contribution >= 0.6 is 0 Å². The standard InChI is InChI=1S/C20H22N4O4/c1-14(22-19(25)15-5-6-16-17(12-15)28-13-27-16)20(26)24-10-8-23(9-11-24)18-4-2-3-7-21-18/h2-7,12,14H,8-11,13H2,1H3,(H,22,25)/t14-/m0/s1. The van der Waals surface area contributed by atoms with Crippen molar-refractivity contribution in [2.45, 2.75) is 13.0 Å². The third-order valence-corrected chi connectivity index (χ3v) is 4.92. The quantitative estimate of drug-likeness (QED) is 0.858. The number of pyridine rings is 1. The number of piperazine rings is 1. The Labute approximate surface area is 163 Å². The van der Waals surface area contributed by atoms with Gasteiger partial charge in [-0.1, -0.05) is 6.07 Å². The van der Waals surface area contributed by atoms with Crippen LogP contribution < -0.4 is 19.7 Å². The summed E-state index contributed by atoms with van der Waals surface area (Å²) in [4.78, 5) is 33.5. The SMILES string of the molecule is C[C@H](NC(=O)c1ccc2c(c1)OCO2)C(=O)N1CCN(c2ccccn2)CC1. The van der Waals surface area contributed by atoms with Gasteiger partial charge in [0.25, 0.3) is 5.91 Å². The second-order valence-corrected chi connectivity index (χ2v) is 6.76. The highest BCUT2D eigenvalue weighted by Gasteiger charge is 2.27. The lowest BCUT2D eigenvalue weighted by molar-refractivity contribution is -0.133. The highest BCUT2D eigenvalue weighted by Crippen LogP contribution is 2.32. The van der Waals surface area contributed by atoms with E-state index in [-0.39, 0.29) is 18.6 Å². The summed E-state index contributed by atoms with van der Waals surface area (Å²) >= 11 is 0. The Morgan fingerprint density at radius 1 is 1.07 bits per heavy atom. The second-order valence-electron chi connectivity index (χ2n) is 6.76. The molecule has 0 radical (unpaired) electrons. The zero-order valence-corrected chi connectivity index (χ0v) is 15.6. The number of aromatic nitrogens is 1. The Balaban J connectivity index is 1.32. The molecule has 1 fully saturated rings. The number of amides is 2. The number of hydrogen-bond donors (Lipinski definition) is 1. The molecule has 0 saturated carbocycles. The van der Waals surface area contributed by atoms with E-state index in [1.54, 1.807) is 36.2 Å². The highest BCUT2D eigenvalue weighted by atomic mass is 16.7. The van der Waals surface area contributed by atoms with Gasteiger partial charge in [0.15, 0.2) is 11.5 Å². The summed E-state index contributed by atoms with van der Waals surface area (Å²) in [5, 5.41) is 2.77. The van der Waals surface area contributed by atoms with Gasteiger partial charge >= 0.3 is 0 Å². The monoisotopic (exact) mass is 382 g/mol. The fourth-order valence-corrected chi connectivity index (χ4v) is 3.35. The molecule has 1 aromatic heterocycles. The molecule has 2 aromatic rings. The van der Waals surface area contributed by atoms with E-state index >= 15 is 0 Å². The third kappa shape index (κ3) is 3.71. The second kappa shape index (κ2) is 7.75. The molecule has 2 amide bonds. The van der Waals surface area contributed by atoms with Gasteiger partial charge in [0.2, 0.25) is 12.7 Å². The number of hydrogen-bond acceptors (Lipinski definition) is 6. The minimum absolute atomic E-state index is 0.0882. The van der Waals surface area contributed by atoms with Crippen molar-refractivity contribution in [3.05, 3.63) is 48.2 Å². The van der Waals surface area contributed by atoms with Crippen LogP contribution in [0.4, 0.5) is 5.82 Å². The van der Waals surface area contributed by atoms with Gasteiger partial charge in [0, 0.05) is 37.9 Å². The first-order valence-electron chi connectivity index (χ1n) is 9.27. The molecule has 8 heteroatoms. The lowest BCUT2D eigenvalue weighted by Gasteiger charge is -2.36. The van der Waals surface area contributed by atoms with E-state index in [9.17, 15) is 9.59 Å². The normalized spacial score (nSPS) is 16.6. The molecule has 1 aromatic carbocycles. The molecule has 2 aliphatic rings. The molecule has 28 heavy (non-hydrogen) atoms. The summed E-state index contributed by atoms with van der Waals surface area (Å²) in [6.07, 6.45) is 1.76. The van der Waals surface area contributed by atoms with Crippen LogP contribution in [0.2, 0.25) is 0 Å². The largest absolute Gasteiger partial charge is 0.454 e. The summed E-state index contributed by atoms with van der Waals surface area (Å²) in [5.41, 5.74) is 0.434. The van der Waals surface area contributed by atoms with Crippen molar-refractivity contribution in [1.82, 2.24) is 15.2 Å². The van der Waals surface area contributed by atoms with Crippen molar-refractivity contribution in [1.29, 1.82) is 0 Å². The first kappa shape index (κ1) is 18.1. The first-order chi connectivity index (χ1) is 13.6. The summed E-state index contributed by atoms with van der Waals surface area (Å²) in [7, 11) is 0. The predicted octanol–water partition coefficient (Wildman–Crippen LogP) is 1.28. The summed E-state index contributed by atoms with van der Waals surface area (Å²) in [6.45, 7) is 4.48. The Morgan fingerprint density at radius 3 is 2.61 bits per heavy atom. The van der Waals surface area contributed by atoms with Crippen LogP contribution in [-0.4, -0.2) is 60.7 Å². The van der Waals surface area contributed by atoms with E-state index in [4.69, 9.17) is 9.47 Å². The fourth-order valence-electron chi connectivity index (χ4n) is 3.35. The number of fused-ring (bicyclic) bond motifs is 1. The lowest BCUT2D eigenvalue weighted by atomic mass is 10.1. The number of ether oxygens (including phenoxy) is 2. The molecule has 8 nitrogen and oxygen atoms in total. The number of carbonyl (C=O) groups is 2. The van der Waals surface area contributed by atoms with E-state index in [0.717, 1.165) is 5.82 Å². The van der Waals surface area contributed by atoms with Crippen LogP contribution in [0.5, 0.6) is 11.5 Å². The Morgan fingerprint density at radius 2 is 1.86 bits per heavy atom. The van der Waals surface area contributed by atoms with Crippen LogP contribution in [-0.2, 0) is 4.79 Å². The average Bonchev–Trinajstić information content (AvgIpc) is 3.22. The van der Waals surface area contributed by atoms with Gasteiger partial charge in [-0.05, 0) is 37.3 Å². The molecule has 1 N–H and O–H groups in total. The Bertz CT molecular complexity index is 866. The van der Waals surface area contributed by atoms with E-state index in [1.807, 2.05) is 18.2 Å². The highest BCUT2D eigenvalue weighted by molar-refractivity contribution is 5.98. The number of carbonyl (C=O) groups excluding carboxylic acids is 2. The summed E-state index contributed by atoms with van der Waals surface area (Å²) < 4.78 is 10.5. The van der Waals surface area contributed by atoms with E-state index in [1.165, 1.54) is 0 Å². The molecule has 146 valence electrons. The number of nitrogens with zero attached hydrogens (tertiary/aromatic N) is 3. The molecule has 1 saturated heterocycles. The van der Waals surface area contributed by atoms with Gasteiger partial charge in [-0.15, -0.1) is 0 Å². The van der Waals surface area contributed by atoms with Crippen molar-refractivity contribution < 1.29 is 19.1 Å². The third-order valence-electron chi connectivity index (χ3n) is 4.92. The Kier molecular flexibility index (Phi) is 5.01. The maximum absolute atomic E-state index is 12.7. The van der Waals surface area contributed by atoms with E-state index < -0.39 is 6.04 Å². The van der Waals surface area contributed by atoms with Crippen molar-refractivity contribution in [3.63, 3.8) is 0 Å². The minimum atomic E-state index is -0.612. The minimum Gasteiger partial charge on any atom is -0.454 e. The van der Waals surface area contributed by atoms with Crippen LogP contribution in [0.3, 0.4) is 0 Å². The van der Waals surface area contributed by atoms with E-state index in [0.29, 0.717) is 43.2 Å². The summed E-state index contributed by atoms with van der Waals surface area (Å²) in [5.74, 6) is 1.67. The van der Waals surface area contributed by atoms with Crippen LogP contribution in [0.25, 0.3) is 0 Å². The Hall–Kier alpha value is -3.29. The van der Waals surface area contributed by atoms with Crippen molar-refractivity contribution >= 4 is 17.6 Å². The number of anilines is 1. The maximum Gasteiger partial charge on any atom is 0.252 e. The molecule has 0 unspecified atom stereocenters. The number of benzene rings is 1. The van der Waals surface area contributed by atoms with Crippen LogP contribution in [0, 0.1) is 0 Å². The molecular formula is C20H22N4O4. The molecule has 0 spiro atoms. The lowest BCUT2D eigenvalue weighted by Crippen LogP contribution is -2.54. The van der Waals surface area contributed by atoms with Gasteiger partial charge < -0.3 is 24.6 Å². The van der Waals surface area contributed by atoms with Gasteiger partial charge in [-0.3, -0.25) is 9.59 Å². The molecule has 1 atom stereocenters. The molecule has 0 bridgehead atoms. The summed E-state index contributed by atoms with van der Waals surface area (Å²) in [6, 6.07) is 10.2. The smallest absolute Gasteiger partial charge is 0.252 e. The predicted molar refractivity (Wildman–Crippen MR) is 103 cm³/mol. The van der Waals surface area contributed by atoms with Crippen LogP contribution in [0.1, 0.15) is 17.3 Å². The molecule has 3 heterocycles. The maximum atomic E-state index is 12.7. The molecule has 2 aliphatic heterocycles. The number of rotatable bonds is 4. The van der Waals surface area contributed by atoms with Crippen molar-refractivity contribution in [3.8, 4) is 11.5 Å². The van der Waals surface area contributed by atoms with Crippen LogP contribution in [0.15, 0.2) is 42.6 Å². The first-order valence-corrected chi connectivity index (χ1v) is 9.27. The molecule has 4 rings (SSSR count). The zero-order chi connectivity index (χ0) is 19.5. The van der Waals surface area contributed by atoms with Crippen molar-refractivity contribution in [2.24, 2.45) is 0 Å². The number of nitrogens with one attached hydrogen (secondary N) is 1. The van der Waals surface area contributed by atoms with Gasteiger partial charge in [-0.25, -0.2) is 4.98 Å². The van der Waals surface area contributed by atoms with Crippen molar-refractivity contribution in [2.75, 3.05) is 37.9 Å². The van der Waals surface area contributed by atoms with Gasteiger partial charge in [-0.2, -0.15) is 0 Å². The van der Waals surface area contributed by atoms with E-state index in [2.05, 4.69) is 15.2 Å². The average molecular weight is 382 g/mol. The molecular weight excluding hydrogens is 360 g/mol. The zero-order valence-electron chi connectivity index (χ0n) is 15.6. The fraction of sp³-hybridized carbons (Fsp3) is 0.350. The molecule has 0 aliphatic carbocycles.